The minimum Gasteiger partial charge on any atom is -0.346 e. The minimum atomic E-state index is 0.107. The van der Waals surface area contributed by atoms with Gasteiger partial charge in [-0.25, -0.2) is 0 Å². The lowest BCUT2D eigenvalue weighted by Gasteiger charge is -2.31. The number of aromatic nitrogens is 4. The summed E-state index contributed by atoms with van der Waals surface area (Å²) in [4.78, 5) is 14.8. The highest BCUT2D eigenvalue weighted by molar-refractivity contribution is 7.71. The normalized spacial score (nSPS) is 18.9. The van der Waals surface area contributed by atoms with Crippen molar-refractivity contribution >= 4 is 24.2 Å². The van der Waals surface area contributed by atoms with Gasteiger partial charge in [-0.2, -0.15) is 5.10 Å². The summed E-state index contributed by atoms with van der Waals surface area (Å²) in [5, 5.41) is 7.36. The fourth-order valence-electron chi connectivity index (χ4n) is 5.44. The largest absolute Gasteiger partial charge is 0.346 e. The quantitative estimate of drug-likeness (QED) is 0.506. The van der Waals surface area contributed by atoms with Crippen LogP contribution in [0.2, 0.25) is 0 Å². The van der Waals surface area contributed by atoms with Crippen LogP contribution >= 0.6 is 12.2 Å². The molecule has 2 fully saturated rings. The molecule has 1 saturated carbocycles. The fraction of sp³-hybridized carbons (Fsp3) is 0.625. The molecule has 1 aliphatic carbocycles. The van der Waals surface area contributed by atoms with E-state index in [-0.39, 0.29) is 5.91 Å². The molecule has 7 heteroatoms. The number of rotatable bonds is 5. The first-order valence-electron chi connectivity index (χ1n) is 11.8. The van der Waals surface area contributed by atoms with Crippen molar-refractivity contribution in [2.45, 2.75) is 84.2 Å². The lowest BCUT2D eigenvalue weighted by atomic mass is 9.95. The third kappa shape index (κ3) is 4.56. The second-order valence-corrected chi connectivity index (χ2v) is 9.44. The molecule has 168 valence electrons. The summed E-state index contributed by atoms with van der Waals surface area (Å²) >= 11 is 5.32. The number of nitrogens with zero attached hydrogens (tertiary/aromatic N) is 4. The van der Waals surface area contributed by atoms with Crippen molar-refractivity contribution in [2.75, 3.05) is 13.1 Å². The molecule has 1 amide bonds. The Kier molecular flexibility index (Phi) is 6.80. The van der Waals surface area contributed by atoms with Crippen LogP contribution in [0.5, 0.6) is 0 Å². The van der Waals surface area contributed by atoms with E-state index in [1.54, 1.807) is 6.08 Å². The fourth-order valence-corrected chi connectivity index (χ4v) is 5.71. The molecule has 1 saturated heterocycles. The van der Waals surface area contributed by atoms with E-state index < -0.39 is 0 Å². The van der Waals surface area contributed by atoms with Gasteiger partial charge in [-0.3, -0.25) is 9.89 Å². The highest BCUT2D eigenvalue weighted by atomic mass is 32.1. The van der Waals surface area contributed by atoms with Gasteiger partial charge in [-0.1, -0.05) is 19.3 Å². The third-order valence-corrected chi connectivity index (χ3v) is 7.46. The number of nitrogens with one attached hydrogen (secondary N) is 1. The van der Waals surface area contributed by atoms with Crippen LogP contribution in [0.3, 0.4) is 0 Å². The molecule has 4 rings (SSSR count). The van der Waals surface area contributed by atoms with Crippen LogP contribution in [0, 0.1) is 18.6 Å². The van der Waals surface area contributed by atoms with Crippen LogP contribution in [0.15, 0.2) is 12.1 Å². The summed E-state index contributed by atoms with van der Waals surface area (Å²) in [6, 6.07) is 2.85. The highest BCUT2D eigenvalue weighted by Gasteiger charge is 2.26. The van der Waals surface area contributed by atoms with Gasteiger partial charge in [-0.05, 0) is 76.4 Å². The molecule has 0 spiro atoms. The number of H-pyrrole nitrogens is 1. The van der Waals surface area contributed by atoms with E-state index in [1.165, 1.54) is 49.1 Å². The molecule has 2 aromatic rings. The van der Waals surface area contributed by atoms with Gasteiger partial charge >= 0.3 is 0 Å². The Labute approximate surface area is 190 Å². The number of hydrogen-bond donors (Lipinski definition) is 1. The molecule has 0 radical (unpaired) electrons. The predicted octanol–water partition coefficient (Wildman–Crippen LogP) is 5.30. The molecule has 1 aliphatic heterocycles. The van der Waals surface area contributed by atoms with Crippen molar-refractivity contribution in [3.63, 3.8) is 0 Å². The van der Waals surface area contributed by atoms with E-state index >= 15 is 0 Å². The van der Waals surface area contributed by atoms with E-state index in [9.17, 15) is 4.79 Å². The standard InChI is InChI=1S/C24H35N5OS/c1-4-28-23(25-26-24(28)31)19-12-14-27(15-13-19)22(30)11-10-20-16-17(2)29(18(20)3)21-8-6-5-7-9-21/h10-11,16,19,21H,4-9,12-15H2,1-3H3,(H,26,31)/b11-10+. The van der Waals surface area contributed by atoms with Gasteiger partial charge in [0.25, 0.3) is 0 Å². The van der Waals surface area contributed by atoms with Gasteiger partial charge in [0.1, 0.15) is 5.82 Å². The second kappa shape index (κ2) is 9.55. The van der Waals surface area contributed by atoms with Gasteiger partial charge < -0.3 is 14.0 Å². The molecule has 0 aromatic carbocycles. The summed E-state index contributed by atoms with van der Waals surface area (Å²) in [5.74, 6) is 1.50. The molecule has 0 unspecified atom stereocenters. The molecule has 0 bridgehead atoms. The molecule has 6 nitrogen and oxygen atoms in total. The summed E-state index contributed by atoms with van der Waals surface area (Å²) in [7, 11) is 0. The molecule has 1 N–H and O–H groups in total. The summed E-state index contributed by atoms with van der Waals surface area (Å²) in [6.45, 7) is 8.82. The number of aromatic amines is 1. The molecule has 2 aliphatic rings. The topological polar surface area (TPSA) is 58.9 Å². The SMILES string of the molecule is CCn1c(C2CCN(C(=O)/C=C/c3cc(C)n(C4CCCCC4)c3C)CC2)n[nH]c1=S. The maximum Gasteiger partial charge on any atom is 0.246 e. The smallest absolute Gasteiger partial charge is 0.246 e. The van der Waals surface area contributed by atoms with Crippen molar-refractivity contribution in [3.05, 3.63) is 39.7 Å². The molecular weight excluding hydrogens is 406 g/mol. The second-order valence-electron chi connectivity index (χ2n) is 9.05. The Bertz CT molecular complexity index is 1000. The Morgan fingerprint density at radius 3 is 2.58 bits per heavy atom. The zero-order valence-corrected chi connectivity index (χ0v) is 19.9. The minimum absolute atomic E-state index is 0.107. The van der Waals surface area contributed by atoms with Gasteiger partial charge in [0.15, 0.2) is 4.77 Å². The first kappa shape index (κ1) is 22.1. The average molecular weight is 442 g/mol. The van der Waals surface area contributed by atoms with Gasteiger partial charge in [0.2, 0.25) is 5.91 Å². The highest BCUT2D eigenvalue weighted by Crippen LogP contribution is 2.32. The molecule has 3 heterocycles. The summed E-state index contributed by atoms with van der Waals surface area (Å²) in [5.41, 5.74) is 3.76. The monoisotopic (exact) mass is 441 g/mol. The molecule has 2 aromatic heterocycles. The maximum absolute atomic E-state index is 12.8. The molecule has 0 atom stereocenters. The van der Waals surface area contributed by atoms with Crippen LogP contribution in [0.4, 0.5) is 0 Å². The maximum atomic E-state index is 12.8. The first-order valence-corrected chi connectivity index (χ1v) is 12.2. The van der Waals surface area contributed by atoms with E-state index in [1.807, 2.05) is 11.0 Å². The zero-order chi connectivity index (χ0) is 22.0. The summed E-state index contributed by atoms with van der Waals surface area (Å²) < 4.78 is 5.25. The third-order valence-electron chi connectivity index (χ3n) is 7.14. The Morgan fingerprint density at radius 1 is 1.19 bits per heavy atom. The number of piperidine rings is 1. The Morgan fingerprint density at radius 2 is 1.90 bits per heavy atom. The van der Waals surface area contributed by atoms with Crippen LogP contribution < -0.4 is 0 Å². The first-order chi connectivity index (χ1) is 15.0. The van der Waals surface area contributed by atoms with Crippen molar-refractivity contribution in [1.82, 2.24) is 24.2 Å². The van der Waals surface area contributed by atoms with Crippen molar-refractivity contribution in [3.8, 4) is 0 Å². The van der Waals surface area contributed by atoms with Crippen molar-refractivity contribution in [1.29, 1.82) is 0 Å². The number of likely N-dealkylation sites (tertiary alicyclic amines) is 1. The Balaban J connectivity index is 1.38. The number of carbonyl (C=O) groups excluding carboxylic acids is 1. The number of aryl methyl sites for hydroxylation is 1. The lowest BCUT2D eigenvalue weighted by Crippen LogP contribution is -2.37. The van der Waals surface area contributed by atoms with Crippen LogP contribution in [0.25, 0.3) is 6.08 Å². The van der Waals surface area contributed by atoms with Gasteiger partial charge in [-0.15, -0.1) is 0 Å². The lowest BCUT2D eigenvalue weighted by molar-refractivity contribution is -0.127. The Hall–Kier alpha value is -2.15. The average Bonchev–Trinajstić information content (AvgIpc) is 3.30. The molecular formula is C24H35N5OS. The van der Waals surface area contributed by atoms with Crippen LogP contribution in [-0.4, -0.2) is 43.2 Å². The van der Waals surface area contributed by atoms with Crippen molar-refractivity contribution in [2.24, 2.45) is 0 Å². The zero-order valence-electron chi connectivity index (χ0n) is 19.1. The van der Waals surface area contributed by atoms with E-state index in [0.29, 0.717) is 16.7 Å². The van der Waals surface area contributed by atoms with Gasteiger partial charge in [0.05, 0.1) is 0 Å². The van der Waals surface area contributed by atoms with Crippen LogP contribution in [0.1, 0.15) is 86.6 Å². The van der Waals surface area contributed by atoms with Crippen molar-refractivity contribution < 1.29 is 4.79 Å². The number of hydrogen-bond acceptors (Lipinski definition) is 3. The van der Waals surface area contributed by atoms with Crippen LogP contribution in [-0.2, 0) is 11.3 Å². The number of carbonyl (C=O) groups is 1. The van der Waals surface area contributed by atoms with E-state index in [4.69, 9.17) is 12.2 Å². The predicted molar refractivity (Wildman–Crippen MR) is 127 cm³/mol. The molecule has 31 heavy (non-hydrogen) atoms. The van der Waals surface area contributed by atoms with Gasteiger partial charge in [0, 0.05) is 49.1 Å². The summed E-state index contributed by atoms with van der Waals surface area (Å²) in [6.07, 6.45) is 12.2. The number of amides is 1. The van der Waals surface area contributed by atoms with E-state index in [2.05, 4.69) is 46.2 Å². The van der Waals surface area contributed by atoms with E-state index in [0.717, 1.165) is 38.3 Å².